The lowest BCUT2D eigenvalue weighted by Gasteiger charge is -2.51. The second kappa shape index (κ2) is 19.0. The van der Waals surface area contributed by atoms with Gasteiger partial charge in [0, 0.05) is 26.7 Å². The molecule has 2 amide bonds. The highest BCUT2D eigenvalue weighted by Crippen LogP contribution is 2.39. The molecule has 0 spiro atoms. The fraction of sp³-hybridized carbons (Fsp3) is 0.903. The zero-order valence-corrected chi connectivity index (χ0v) is 30.0. The summed E-state index contributed by atoms with van der Waals surface area (Å²) >= 11 is 0. The summed E-state index contributed by atoms with van der Waals surface area (Å²) in [7, 11) is 0. The molecule has 4 aliphatic rings. The minimum absolute atomic E-state index is 0.00825. The van der Waals surface area contributed by atoms with Gasteiger partial charge in [0.1, 0.15) is 73.2 Å². The predicted molar refractivity (Wildman–Crippen MR) is 171 cm³/mol. The monoisotopic (exact) mass is 804 g/mol. The number of amides is 2. The number of ether oxygens (including phenoxy) is 7. The Morgan fingerprint density at radius 3 is 1.91 bits per heavy atom. The van der Waals surface area contributed by atoms with Crippen molar-refractivity contribution in [3.63, 3.8) is 0 Å². The van der Waals surface area contributed by atoms with Crippen molar-refractivity contribution in [2.75, 3.05) is 19.8 Å². The van der Waals surface area contributed by atoms with E-state index in [1.54, 1.807) is 6.92 Å². The maximum Gasteiger partial charge on any atom is 0.364 e. The Hall–Kier alpha value is -2.31. The predicted octanol–water partition coefficient (Wildman–Crippen LogP) is -8.20. The molecule has 14 N–H and O–H groups in total. The quantitative estimate of drug-likeness (QED) is 0.0775. The van der Waals surface area contributed by atoms with Crippen LogP contribution in [0.1, 0.15) is 33.6 Å². The lowest BCUT2D eigenvalue weighted by Crippen LogP contribution is -2.71. The molecule has 4 aliphatic heterocycles. The van der Waals surface area contributed by atoms with Crippen LogP contribution in [0.4, 0.5) is 0 Å². The molecule has 0 aliphatic carbocycles. The number of carbonyl (C=O) groups is 3. The van der Waals surface area contributed by atoms with Gasteiger partial charge in [0.15, 0.2) is 18.9 Å². The van der Waals surface area contributed by atoms with Gasteiger partial charge in [-0.15, -0.1) is 0 Å². The van der Waals surface area contributed by atoms with Crippen molar-refractivity contribution < 1.29 is 109 Å². The normalized spacial score (nSPS) is 44.9. The van der Waals surface area contributed by atoms with Crippen molar-refractivity contribution in [3.05, 3.63) is 0 Å². The molecule has 55 heavy (non-hydrogen) atoms. The molecule has 24 nitrogen and oxygen atoms in total. The first-order valence-corrected chi connectivity index (χ1v) is 17.5. The van der Waals surface area contributed by atoms with E-state index in [4.69, 9.17) is 33.2 Å². The molecule has 0 unspecified atom stereocenters. The Morgan fingerprint density at radius 1 is 0.764 bits per heavy atom. The van der Waals surface area contributed by atoms with Gasteiger partial charge in [0.25, 0.3) is 5.79 Å². The van der Waals surface area contributed by atoms with Gasteiger partial charge < -0.3 is 105 Å². The van der Waals surface area contributed by atoms with E-state index in [9.17, 15) is 75.7 Å². The SMILES string of the molecule is CC(=O)N[C@@H]1[C@@H](O[C@@H]2O[C@@H](C)C[C@@H](O)[C@@H]2O)[C@H](O[C@@H]2O[C@H](CO)[C@H](O)[C@H](O[C@]3(C(=O)O)C[C@H](O)[C@@H](NC(C)=O)[C@H]([C@H](O)[C@H](O)CO)O3)[C@H]2O)[C@@H](CO)O[C@H]1O. The van der Waals surface area contributed by atoms with E-state index in [0.29, 0.717) is 0 Å². The summed E-state index contributed by atoms with van der Waals surface area (Å²) in [5, 5.41) is 131. The van der Waals surface area contributed by atoms with Crippen molar-refractivity contribution in [2.45, 2.75) is 156 Å². The molecule has 0 aromatic rings. The smallest absolute Gasteiger partial charge is 0.364 e. The first kappa shape index (κ1) is 45.4. The van der Waals surface area contributed by atoms with Crippen LogP contribution in [-0.4, -0.2) is 221 Å². The van der Waals surface area contributed by atoms with Crippen LogP contribution in [-0.2, 0) is 47.5 Å². The van der Waals surface area contributed by atoms with Crippen molar-refractivity contribution >= 4 is 17.8 Å². The van der Waals surface area contributed by atoms with Crippen LogP contribution >= 0.6 is 0 Å². The van der Waals surface area contributed by atoms with E-state index in [-0.39, 0.29) is 6.42 Å². The third kappa shape index (κ3) is 10.1. The number of carboxylic acids is 1. The molecule has 0 bridgehead atoms. The number of hydrogen-bond acceptors (Lipinski definition) is 21. The zero-order valence-electron chi connectivity index (χ0n) is 30.0. The highest BCUT2D eigenvalue weighted by atomic mass is 16.8. The molecule has 0 radical (unpaired) electrons. The number of nitrogens with one attached hydrogen (secondary N) is 2. The van der Waals surface area contributed by atoms with Gasteiger partial charge >= 0.3 is 5.97 Å². The van der Waals surface area contributed by atoms with Gasteiger partial charge in [-0.25, -0.2) is 4.79 Å². The maximum absolute atomic E-state index is 12.9. The summed E-state index contributed by atoms with van der Waals surface area (Å²) < 4.78 is 40.0. The van der Waals surface area contributed by atoms with Gasteiger partial charge in [-0.1, -0.05) is 0 Å². The van der Waals surface area contributed by atoms with Crippen molar-refractivity contribution in [2.24, 2.45) is 0 Å². The van der Waals surface area contributed by atoms with Crippen LogP contribution in [0, 0.1) is 0 Å². The summed E-state index contributed by atoms with van der Waals surface area (Å²) in [5.74, 6) is -6.59. The van der Waals surface area contributed by atoms with Gasteiger partial charge in [-0.05, 0) is 6.92 Å². The van der Waals surface area contributed by atoms with Crippen LogP contribution in [0.25, 0.3) is 0 Å². The summed E-state index contributed by atoms with van der Waals surface area (Å²) in [5.41, 5.74) is 0. The molecule has 0 saturated carbocycles. The average molecular weight is 805 g/mol. The van der Waals surface area contributed by atoms with Gasteiger partial charge in [-0.3, -0.25) is 9.59 Å². The van der Waals surface area contributed by atoms with E-state index in [0.717, 1.165) is 13.8 Å². The minimum atomic E-state index is -3.09. The number of aliphatic carboxylic acids is 1. The largest absolute Gasteiger partial charge is 0.477 e. The van der Waals surface area contributed by atoms with E-state index >= 15 is 0 Å². The lowest BCUT2D eigenvalue weighted by molar-refractivity contribution is -0.388. The van der Waals surface area contributed by atoms with Gasteiger partial charge in [0.2, 0.25) is 11.8 Å². The van der Waals surface area contributed by atoms with Crippen molar-refractivity contribution in [1.82, 2.24) is 10.6 Å². The first-order valence-electron chi connectivity index (χ1n) is 17.5. The molecule has 4 heterocycles. The van der Waals surface area contributed by atoms with E-state index in [2.05, 4.69) is 10.6 Å². The van der Waals surface area contributed by atoms with Gasteiger partial charge in [0.05, 0.1) is 44.2 Å². The fourth-order valence-corrected chi connectivity index (χ4v) is 7.00. The lowest BCUT2D eigenvalue weighted by atomic mass is 9.88. The second-order valence-corrected chi connectivity index (χ2v) is 14.0. The molecule has 318 valence electrons. The number of hydrogen-bond donors (Lipinski definition) is 14. The van der Waals surface area contributed by atoms with E-state index in [1.807, 2.05) is 0 Å². The number of aliphatic hydroxyl groups is 11. The minimum Gasteiger partial charge on any atom is -0.477 e. The van der Waals surface area contributed by atoms with Crippen LogP contribution in [0.3, 0.4) is 0 Å². The van der Waals surface area contributed by atoms with Crippen molar-refractivity contribution in [3.8, 4) is 0 Å². The maximum atomic E-state index is 12.9. The molecular weight excluding hydrogens is 752 g/mol. The highest BCUT2D eigenvalue weighted by molar-refractivity contribution is 5.76. The summed E-state index contributed by atoms with van der Waals surface area (Å²) in [6.07, 6.45) is -31.6. The molecule has 0 aromatic carbocycles. The molecule has 4 rings (SSSR count). The van der Waals surface area contributed by atoms with Crippen LogP contribution in [0.2, 0.25) is 0 Å². The fourth-order valence-electron chi connectivity index (χ4n) is 7.00. The third-order valence-corrected chi connectivity index (χ3v) is 9.75. The van der Waals surface area contributed by atoms with Crippen LogP contribution in [0.5, 0.6) is 0 Å². The summed E-state index contributed by atoms with van der Waals surface area (Å²) in [6, 6.07) is -3.14. The highest BCUT2D eigenvalue weighted by Gasteiger charge is 2.60. The standard InChI is InChI=1S/C31H52N2O22/c1-9-4-12(39)20(43)28(49-9)53-25-18(33-11(3)38)27(46)50-16(8-36)23(25)52-29-22(45)26(21(44)15(7-35)51-29)55-31(30(47)48)5-13(40)17(32-10(2)37)24(54-31)19(42)14(41)6-34/h9,12-29,34-36,39-46H,4-8H2,1-3H3,(H,32,37)(H,33,38)(H,47,48)/t9-,12+,13-,14+,15+,16+,17+,18+,19+,20-,21-,22+,23+,24+,25+,26-,27+,28-,29-,31-/m0/s1. The zero-order chi connectivity index (χ0) is 41.1. The van der Waals surface area contributed by atoms with E-state index in [1.165, 1.54) is 0 Å². The summed E-state index contributed by atoms with van der Waals surface area (Å²) in [4.78, 5) is 37.0. The third-order valence-electron chi connectivity index (χ3n) is 9.75. The second-order valence-electron chi connectivity index (χ2n) is 14.0. The van der Waals surface area contributed by atoms with Crippen LogP contribution in [0.15, 0.2) is 0 Å². The number of rotatable bonds is 14. The van der Waals surface area contributed by atoms with E-state index < -0.39 is 166 Å². The topological polar surface area (TPSA) is 383 Å². The Bertz CT molecular complexity index is 1300. The number of carbonyl (C=O) groups excluding carboxylic acids is 2. The Kier molecular flexibility index (Phi) is 15.7. The molecule has 4 saturated heterocycles. The number of aliphatic hydroxyl groups excluding tert-OH is 11. The first-order chi connectivity index (χ1) is 25.8. The van der Waals surface area contributed by atoms with Crippen LogP contribution < -0.4 is 10.6 Å². The Labute approximate surface area is 313 Å². The molecule has 24 heteroatoms. The molecule has 4 fully saturated rings. The molecule has 20 atom stereocenters. The average Bonchev–Trinajstić information content (AvgIpc) is 3.11. The summed E-state index contributed by atoms with van der Waals surface area (Å²) in [6.45, 7) is 0.635. The molecule has 0 aromatic heterocycles. The number of carboxylic acid groups (broad SMARTS) is 1. The Balaban J connectivity index is 1.70. The Morgan fingerprint density at radius 2 is 1.35 bits per heavy atom. The van der Waals surface area contributed by atoms with Crippen molar-refractivity contribution in [1.29, 1.82) is 0 Å². The molecular formula is C31H52N2O22. The van der Waals surface area contributed by atoms with Gasteiger partial charge in [-0.2, -0.15) is 0 Å².